The predicted molar refractivity (Wildman–Crippen MR) is 93.5 cm³/mol. The fourth-order valence-electron chi connectivity index (χ4n) is 3.20. The van der Waals surface area contributed by atoms with Gasteiger partial charge in [-0.05, 0) is 12.1 Å². The molecule has 1 unspecified atom stereocenters. The number of carbonyl (C=O) groups is 1. The number of nitrogens with one attached hydrogen (secondary N) is 2. The Labute approximate surface area is 143 Å². The van der Waals surface area contributed by atoms with Crippen molar-refractivity contribution < 1.29 is 9.53 Å². The van der Waals surface area contributed by atoms with Crippen LogP contribution in [0.25, 0.3) is 10.8 Å². The lowest BCUT2D eigenvalue weighted by atomic mass is 10.00. The lowest BCUT2D eigenvalue weighted by molar-refractivity contribution is -0.121. The van der Waals surface area contributed by atoms with E-state index >= 15 is 0 Å². The van der Waals surface area contributed by atoms with Crippen LogP contribution in [0.1, 0.15) is 23.7 Å². The predicted octanol–water partition coefficient (Wildman–Crippen LogP) is 2.11. The Hall–Kier alpha value is -3.15. The minimum absolute atomic E-state index is 0.0773. The molecule has 0 radical (unpaired) electrons. The van der Waals surface area contributed by atoms with Gasteiger partial charge in [0.1, 0.15) is 5.75 Å². The van der Waals surface area contributed by atoms with Crippen LogP contribution >= 0.6 is 0 Å². The fourth-order valence-corrected chi connectivity index (χ4v) is 3.20. The van der Waals surface area contributed by atoms with Crippen molar-refractivity contribution in [2.45, 2.75) is 18.9 Å². The molecular weight excluding hydrogens is 318 g/mol. The largest absolute Gasteiger partial charge is 0.493 e. The van der Waals surface area contributed by atoms with Crippen LogP contribution in [0.3, 0.4) is 0 Å². The zero-order chi connectivity index (χ0) is 17.2. The number of amides is 1. The third-order valence-corrected chi connectivity index (χ3v) is 4.40. The van der Waals surface area contributed by atoms with E-state index in [0.29, 0.717) is 23.1 Å². The summed E-state index contributed by atoms with van der Waals surface area (Å²) in [6.45, 7) is 0.571. The molecule has 0 bridgehead atoms. The Morgan fingerprint density at radius 2 is 1.92 bits per heavy atom. The molecule has 1 atom stereocenters. The van der Waals surface area contributed by atoms with E-state index in [2.05, 4.69) is 15.5 Å². The Morgan fingerprint density at radius 1 is 1.16 bits per heavy atom. The van der Waals surface area contributed by atoms with Gasteiger partial charge < -0.3 is 10.1 Å². The van der Waals surface area contributed by atoms with E-state index in [-0.39, 0.29) is 23.9 Å². The first-order chi connectivity index (χ1) is 12.2. The van der Waals surface area contributed by atoms with E-state index in [0.717, 1.165) is 17.7 Å². The molecule has 1 aliphatic rings. The highest BCUT2D eigenvalue weighted by Gasteiger charge is 2.23. The smallest absolute Gasteiger partial charge is 0.272 e. The highest BCUT2D eigenvalue weighted by molar-refractivity contribution is 5.88. The summed E-state index contributed by atoms with van der Waals surface area (Å²) in [5.41, 5.74) is 1.30. The zero-order valence-electron chi connectivity index (χ0n) is 13.5. The Bertz CT molecular complexity index is 996. The number of benzene rings is 2. The molecule has 6 heteroatoms. The van der Waals surface area contributed by atoms with E-state index in [9.17, 15) is 9.59 Å². The normalized spacial score (nSPS) is 16.1. The van der Waals surface area contributed by atoms with Crippen LogP contribution in [0, 0.1) is 0 Å². The van der Waals surface area contributed by atoms with Crippen molar-refractivity contribution in [2.24, 2.45) is 0 Å². The molecule has 1 aromatic heterocycles. The van der Waals surface area contributed by atoms with Crippen molar-refractivity contribution in [1.82, 2.24) is 15.5 Å². The average Bonchev–Trinajstić information content (AvgIpc) is 2.65. The van der Waals surface area contributed by atoms with Gasteiger partial charge in [0, 0.05) is 17.4 Å². The second-order valence-corrected chi connectivity index (χ2v) is 6.02. The molecule has 3 aromatic rings. The summed E-state index contributed by atoms with van der Waals surface area (Å²) < 4.78 is 5.62. The molecule has 0 fully saturated rings. The van der Waals surface area contributed by atoms with Crippen LogP contribution < -0.4 is 15.6 Å². The third kappa shape index (κ3) is 2.98. The minimum atomic E-state index is -0.252. The van der Waals surface area contributed by atoms with Crippen LogP contribution in [0.15, 0.2) is 53.3 Å². The van der Waals surface area contributed by atoms with Crippen molar-refractivity contribution in [3.63, 3.8) is 0 Å². The molecule has 126 valence electrons. The first-order valence-corrected chi connectivity index (χ1v) is 8.20. The lowest BCUT2D eigenvalue weighted by Crippen LogP contribution is -2.33. The quantitative estimate of drug-likeness (QED) is 0.768. The summed E-state index contributed by atoms with van der Waals surface area (Å²) in [6.07, 6.45) is 0.833. The number of H-pyrrole nitrogens is 1. The number of fused-ring (bicyclic) bond motifs is 2. The number of nitrogens with zero attached hydrogens (tertiary/aromatic N) is 1. The zero-order valence-corrected chi connectivity index (χ0v) is 13.5. The summed E-state index contributed by atoms with van der Waals surface area (Å²) in [5.74, 6) is 0.679. The third-order valence-electron chi connectivity index (χ3n) is 4.40. The lowest BCUT2D eigenvalue weighted by Gasteiger charge is -2.26. The highest BCUT2D eigenvalue weighted by atomic mass is 16.5. The van der Waals surface area contributed by atoms with Crippen LogP contribution in [0.5, 0.6) is 5.75 Å². The van der Waals surface area contributed by atoms with Gasteiger partial charge in [0.2, 0.25) is 5.91 Å². The summed E-state index contributed by atoms with van der Waals surface area (Å²) in [5, 5.41) is 10.8. The number of hydrogen-bond acceptors (Lipinski definition) is 4. The van der Waals surface area contributed by atoms with Gasteiger partial charge in [-0.1, -0.05) is 36.4 Å². The van der Waals surface area contributed by atoms with Crippen molar-refractivity contribution >= 4 is 16.7 Å². The van der Waals surface area contributed by atoms with E-state index in [1.54, 1.807) is 12.1 Å². The van der Waals surface area contributed by atoms with Crippen LogP contribution in [-0.4, -0.2) is 22.7 Å². The van der Waals surface area contributed by atoms with Crippen molar-refractivity contribution in [1.29, 1.82) is 0 Å². The SMILES string of the molecule is O=C(Cc1n[nH]c(=O)c2ccccc12)NC1CCOc2ccccc21. The van der Waals surface area contributed by atoms with E-state index in [1.165, 1.54) is 0 Å². The van der Waals surface area contributed by atoms with Crippen molar-refractivity contribution in [3.05, 3.63) is 70.1 Å². The number of ether oxygens (including phenoxy) is 1. The molecular formula is C19H17N3O3. The molecule has 0 aliphatic carbocycles. The number of para-hydroxylation sites is 1. The van der Waals surface area contributed by atoms with Crippen molar-refractivity contribution in [2.75, 3.05) is 6.61 Å². The van der Waals surface area contributed by atoms with Crippen LogP contribution in [0.2, 0.25) is 0 Å². The standard InChI is InChI=1S/C19H17N3O3/c23-18(20-15-9-10-25-17-8-4-3-7-14(15)17)11-16-12-5-1-2-6-13(12)19(24)22-21-16/h1-8,15H,9-11H2,(H,20,23)(H,22,24). The molecule has 2 N–H and O–H groups in total. The number of aromatic nitrogens is 2. The molecule has 2 aromatic carbocycles. The Morgan fingerprint density at radius 3 is 2.80 bits per heavy atom. The maximum Gasteiger partial charge on any atom is 0.272 e. The fraction of sp³-hybridized carbons (Fsp3) is 0.211. The molecule has 0 saturated heterocycles. The average molecular weight is 335 g/mol. The summed E-state index contributed by atoms with van der Waals surface area (Å²) in [6, 6.07) is 14.8. The maximum absolute atomic E-state index is 12.5. The summed E-state index contributed by atoms with van der Waals surface area (Å²) >= 11 is 0. The molecule has 4 rings (SSSR count). The van der Waals surface area contributed by atoms with Gasteiger partial charge in [0.15, 0.2) is 0 Å². The van der Waals surface area contributed by atoms with Gasteiger partial charge in [-0.3, -0.25) is 9.59 Å². The van der Waals surface area contributed by atoms with Gasteiger partial charge in [-0.2, -0.15) is 5.10 Å². The molecule has 1 amide bonds. The molecule has 0 saturated carbocycles. The maximum atomic E-state index is 12.5. The second kappa shape index (κ2) is 6.39. The first-order valence-electron chi connectivity index (χ1n) is 8.20. The molecule has 1 aliphatic heterocycles. The number of hydrogen-bond donors (Lipinski definition) is 2. The van der Waals surface area contributed by atoms with Crippen LogP contribution in [-0.2, 0) is 11.2 Å². The summed E-state index contributed by atoms with van der Waals surface area (Å²) in [4.78, 5) is 24.4. The number of carbonyl (C=O) groups excluding carboxylic acids is 1. The van der Waals surface area contributed by atoms with Crippen LogP contribution in [0.4, 0.5) is 0 Å². The van der Waals surface area contributed by atoms with E-state index in [4.69, 9.17) is 4.74 Å². The topological polar surface area (TPSA) is 84.1 Å². The van der Waals surface area contributed by atoms with Gasteiger partial charge in [0.25, 0.3) is 5.56 Å². The number of rotatable bonds is 3. The Balaban J connectivity index is 1.56. The molecule has 0 spiro atoms. The molecule has 2 heterocycles. The highest BCUT2D eigenvalue weighted by Crippen LogP contribution is 2.31. The van der Waals surface area contributed by atoms with E-state index < -0.39 is 0 Å². The summed E-state index contributed by atoms with van der Waals surface area (Å²) in [7, 11) is 0. The Kier molecular flexibility index (Phi) is 3.93. The number of aromatic amines is 1. The van der Waals surface area contributed by atoms with Gasteiger partial charge in [-0.15, -0.1) is 0 Å². The van der Waals surface area contributed by atoms with Crippen molar-refractivity contribution in [3.8, 4) is 5.75 Å². The van der Waals surface area contributed by atoms with E-state index in [1.807, 2.05) is 36.4 Å². The van der Waals surface area contributed by atoms with Gasteiger partial charge >= 0.3 is 0 Å². The first kappa shape index (κ1) is 15.4. The molecule has 6 nitrogen and oxygen atoms in total. The van der Waals surface area contributed by atoms with Gasteiger partial charge in [0.05, 0.1) is 30.1 Å². The molecule has 25 heavy (non-hydrogen) atoms. The monoisotopic (exact) mass is 335 g/mol. The van der Waals surface area contributed by atoms with Gasteiger partial charge in [-0.25, -0.2) is 5.10 Å². The second-order valence-electron chi connectivity index (χ2n) is 6.02. The minimum Gasteiger partial charge on any atom is -0.493 e.